The van der Waals surface area contributed by atoms with Gasteiger partial charge < -0.3 is 10.4 Å². The van der Waals surface area contributed by atoms with Crippen molar-refractivity contribution >= 4 is 40.3 Å². The van der Waals surface area contributed by atoms with E-state index in [0.29, 0.717) is 12.8 Å². The van der Waals surface area contributed by atoms with Crippen LogP contribution in [0.5, 0.6) is 5.75 Å². The van der Waals surface area contributed by atoms with Crippen LogP contribution in [-0.4, -0.2) is 34.2 Å². The summed E-state index contributed by atoms with van der Waals surface area (Å²) in [7, 11) is 0. The van der Waals surface area contributed by atoms with Gasteiger partial charge in [0.2, 0.25) is 0 Å². The highest BCUT2D eigenvalue weighted by Gasteiger charge is 2.51. The number of carbonyl (C=O) groups excluding carboxylic acids is 1. The summed E-state index contributed by atoms with van der Waals surface area (Å²) in [5, 5.41) is 12.0. The van der Waals surface area contributed by atoms with Crippen molar-refractivity contribution in [3.05, 3.63) is 29.3 Å². The third-order valence-electron chi connectivity index (χ3n) is 4.64. The molecule has 2 aliphatic rings. The summed E-state index contributed by atoms with van der Waals surface area (Å²) in [6.45, 7) is 0. The lowest BCUT2D eigenvalue weighted by Crippen LogP contribution is -2.59. The zero-order valence-electron chi connectivity index (χ0n) is 12.7. The van der Waals surface area contributed by atoms with Crippen LogP contribution in [0.3, 0.4) is 0 Å². The van der Waals surface area contributed by atoms with Crippen LogP contribution in [0, 0.1) is 0 Å². The van der Waals surface area contributed by atoms with Gasteiger partial charge in [0, 0.05) is 5.25 Å². The van der Waals surface area contributed by atoms with Crippen molar-refractivity contribution in [1.82, 2.24) is 5.32 Å². The number of nitrogens with one attached hydrogen (secondary N) is 1. The maximum Gasteiger partial charge on any atom is 0.471 e. The molecule has 1 fully saturated rings. The number of halogens is 4. The Labute approximate surface area is 155 Å². The van der Waals surface area contributed by atoms with Gasteiger partial charge in [0.25, 0.3) is 0 Å². The summed E-state index contributed by atoms with van der Waals surface area (Å²) in [6.07, 6.45) is -1.76. The van der Waals surface area contributed by atoms with E-state index in [-0.39, 0.29) is 11.0 Å². The fourth-order valence-corrected chi connectivity index (χ4v) is 6.70. The van der Waals surface area contributed by atoms with Crippen molar-refractivity contribution < 1.29 is 23.1 Å². The smallest absolute Gasteiger partial charge is 0.471 e. The number of alkyl halides is 4. The highest BCUT2D eigenvalue weighted by Crippen LogP contribution is 2.51. The molecule has 0 spiro atoms. The molecule has 8 heteroatoms. The third kappa shape index (κ3) is 3.36. The Morgan fingerprint density at radius 3 is 2.83 bits per heavy atom. The van der Waals surface area contributed by atoms with Gasteiger partial charge in [-0.1, -0.05) is 35.1 Å². The highest BCUT2D eigenvalue weighted by molar-refractivity contribution is 14.1. The van der Waals surface area contributed by atoms with E-state index in [1.54, 1.807) is 23.9 Å². The lowest BCUT2D eigenvalue weighted by Gasteiger charge is -2.47. The van der Waals surface area contributed by atoms with E-state index in [4.69, 9.17) is 0 Å². The van der Waals surface area contributed by atoms with Crippen molar-refractivity contribution in [2.24, 2.45) is 0 Å². The molecule has 1 heterocycles. The Morgan fingerprint density at radius 2 is 2.12 bits per heavy atom. The number of aromatic hydroxyl groups is 1. The first-order valence-electron chi connectivity index (χ1n) is 7.72. The normalized spacial score (nSPS) is 30.0. The van der Waals surface area contributed by atoms with Crippen LogP contribution in [-0.2, 0) is 14.6 Å². The molecule has 1 aliphatic carbocycles. The molecule has 2 N–H and O–H groups in total. The molecule has 132 valence electrons. The fraction of sp³-hybridized carbons (Fsp3) is 0.562. The number of carbonyl (C=O) groups is 1. The number of amides is 1. The van der Waals surface area contributed by atoms with Crippen LogP contribution in [0.25, 0.3) is 0 Å². The van der Waals surface area contributed by atoms with Crippen molar-refractivity contribution in [1.29, 1.82) is 0 Å². The van der Waals surface area contributed by atoms with Crippen LogP contribution in [0.15, 0.2) is 18.2 Å². The van der Waals surface area contributed by atoms with E-state index in [2.05, 4.69) is 27.9 Å². The van der Waals surface area contributed by atoms with Crippen molar-refractivity contribution in [3.63, 3.8) is 0 Å². The minimum atomic E-state index is -4.89. The second-order valence-corrected chi connectivity index (χ2v) is 9.50. The first kappa shape index (κ1) is 18.2. The molecular formula is C16H17F3INO2S. The molecule has 1 aromatic carbocycles. The van der Waals surface area contributed by atoms with Gasteiger partial charge in [-0.2, -0.15) is 24.9 Å². The van der Waals surface area contributed by atoms with Crippen LogP contribution >= 0.6 is 34.4 Å². The Bertz CT molecular complexity index is 655. The van der Waals surface area contributed by atoms with Crippen LogP contribution in [0.1, 0.15) is 30.4 Å². The van der Waals surface area contributed by atoms with Gasteiger partial charge in [0.1, 0.15) is 5.75 Å². The molecular weight excluding hydrogens is 454 g/mol. The zero-order valence-corrected chi connectivity index (χ0v) is 15.7. The van der Waals surface area contributed by atoms with Crippen LogP contribution < -0.4 is 5.32 Å². The number of phenolic OH excluding ortho intramolecular Hbond substituents is 1. The topological polar surface area (TPSA) is 49.3 Å². The number of phenols is 1. The molecule has 3 rings (SSSR count). The average molecular weight is 471 g/mol. The van der Waals surface area contributed by atoms with Crippen molar-refractivity contribution in [3.8, 4) is 5.75 Å². The first-order valence-corrected chi connectivity index (χ1v) is 9.85. The Hall–Kier alpha value is -0.640. The monoisotopic (exact) mass is 471 g/mol. The molecule has 1 aliphatic heterocycles. The molecule has 3 atom stereocenters. The lowest BCUT2D eigenvalue weighted by atomic mass is 9.76. The molecule has 0 radical (unpaired) electrons. The fourth-order valence-electron chi connectivity index (χ4n) is 3.52. The average Bonchev–Trinajstić information content (AvgIpc) is 2.49. The Balaban J connectivity index is 2.04. The van der Waals surface area contributed by atoms with Gasteiger partial charge >= 0.3 is 12.1 Å². The molecule has 1 amide bonds. The van der Waals surface area contributed by atoms with E-state index in [9.17, 15) is 23.1 Å². The number of hydrogen-bond acceptors (Lipinski definition) is 3. The van der Waals surface area contributed by atoms with Crippen molar-refractivity contribution in [2.45, 2.75) is 46.6 Å². The summed E-state index contributed by atoms with van der Waals surface area (Å²) in [6, 6.07) is 4.47. The van der Waals surface area contributed by atoms with Crippen LogP contribution in [0.4, 0.5) is 13.2 Å². The number of fused-ring (bicyclic) bond motifs is 4. The largest absolute Gasteiger partial charge is 0.508 e. The van der Waals surface area contributed by atoms with Gasteiger partial charge in [0.05, 0.1) is 9.46 Å². The van der Waals surface area contributed by atoms with Gasteiger partial charge in [-0.3, -0.25) is 4.79 Å². The SMILES string of the molecule is O=C(N[C@@H]1C2Cc3ccc(O)cc3C1(I)CCCCS2)C(F)(F)F. The second-order valence-electron chi connectivity index (χ2n) is 6.22. The lowest BCUT2D eigenvalue weighted by molar-refractivity contribution is -0.174. The maximum atomic E-state index is 12.8. The highest BCUT2D eigenvalue weighted by atomic mass is 127. The van der Waals surface area contributed by atoms with Gasteiger partial charge in [-0.15, -0.1) is 0 Å². The van der Waals surface area contributed by atoms with E-state index in [1.807, 2.05) is 6.07 Å². The van der Waals surface area contributed by atoms with E-state index >= 15 is 0 Å². The Morgan fingerprint density at radius 1 is 1.38 bits per heavy atom. The van der Waals surface area contributed by atoms with E-state index in [1.165, 1.54) is 0 Å². The second kappa shape index (κ2) is 6.59. The molecule has 2 bridgehead atoms. The summed E-state index contributed by atoms with van der Waals surface area (Å²) in [5.74, 6) is -0.911. The Kier molecular flexibility index (Phi) is 4.98. The zero-order chi connectivity index (χ0) is 17.5. The molecule has 2 unspecified atom stereocenters. The molecule has 24 heavy (non-hydrogen) atoms. The maximum absolute atomic E-state index is 12.8. The number of benzene rings is 1. The predicted octanol–water partition coefficient (Wildman–Crippen LogP) is 3.91. The molecule has 0 saturated carbocycles. The van der Waals surface area contributed by atoms with Gasteiger partial charge in [-0.05, 0) is 48.3 Å². The summed E-state index contributed by atoms with van der Waals surface area (Å²) < 4.78 is 37.7. The number of rotatable bonds is 1. The van der Waals surface area contributed by atoms with Crippen LogP contribution in [0.2, 0.25) is 0 Å². The molecule has 0 aromatic heterocycles. The quantitative estimate of drug-likeness (QED) is 0.483. The summed E-state index contributed by atoms with van der Waals surface area (Å²) in [5.41, 5.74) is 1.88. The first-order chi connectivity index (χ1) is 11.2. The number of thioether (sulfide) groups is 1. The molecule has 3 nitrogen and oxygen atoms in total. The minimum absolute atomic E-state index is 0.0962. The van der Waals surface area contributed by atoms with Gasteiger partial charge in [-0.25, -0.2) is 0 Å². The predicted molar refractivity (Wildman–Crippen MR) is 95.6 cm³/mol. The van der Waals surface area contributed by atoms with E-state index < -0.39 is 21.5 Å². The molecule has 1 aromatic rings. The van der Waals surface area contributed by atoms with E-state index in [0.717, 1.165) is 29.7 Å². The standard InChI is InChI=1S/C16H17F3INO2S/c17-16(18,19)14(23)21-13-12-7-9-3-4-10(22)8-11(9)15(13,20)5-1-2-6-24-12/h3-4,8,12-13,22H,1-2,5-7H2,(H,21,23)/t12?,13-,15?/m1/s1. The van der Waals surface area contributed by atoms with Gasteiger partial charge in [0.15, 0.2) is 0 Å². The molecule has 1 saturated heterocycles. The minimum Gasteiger partial charge on any atom is -0.508 e. The summed E-state index contributed by atoms with van der Waals surface area (Å²) in [4.78, 5) is 11.6. The number of hydrogen-bond donors (Lipinski definition) is 2. The summed E-state index contributed by atoms with van der Waals surface area (Å²) >= 11 is 3.82. The third-order valence-corrected chi connectivity index (χ3v) is 7.82. The van der Waals surface area contributed by atoms with Crippen molar-refractivity contribution in [2.75, 3.05) is 5.75 Å².